The molecule has 1 aliphatic rings. The molecule has 18 heavy (non-hydrogen) atoms. The van der Waals surface area contributed by atoms with E-state index in [0.717, 1.165) is 22.3 Å². The van der Waals surface area contributed by atoms with Crippen LogP contribution in [0.25, 0.3) is 0 Å². The van der Waals surface area contributed by atoms with E-state index in [9.17, 15) is 9.18 Å². The summed E-state index contributed by atoms with van der Waals surface area (Å²) < 4.78 is 12.9. The quantitative estimate of drug-likeness (QED) is 0.740. The molecule has 2 aromatic rings. The number of halogens is 1. The van der Waals surface area contributed by atoms with Crippen molar-refractivity contribution in [3.05, 3.63) is 70.5 Å². The van der Waals surface area contributed by atoms with Gasteiger partial charge in [0, 0.05) is 17.9 Å². The molecule has 0 heterocycles. The normalized spacial score (nSPS) is 17.9. The highest BCUT2D eigenvalue weighted by Gasteiger charge is 2.30. The van der Waals surface area contributed by atoms with Crippen molar-refractivity contribution in [1.29, 1.82) is 0 Å². The highest BCUT2D eigenvalue weighted by atomic mass is 19.1. The fourth-order valence-corrected chi connectivity index (χ4v) is 2.61. The summed E-state index contributed by atoms with van der Waals surface area (Å²) in [4.78, 5) is 12.0. The number of aryl methyl sites for hydroxylation is 1. The van der Waals surface area contributed by atoms with Gasteiger partial charge in [0.1, 0.15) is 5.82 Å². The fourth-order valence-electron chi connectivity index (χ4n) is 2.61. The average molecular weight is 240 g/mol. The van der Waals surface area contributed by atoms with Crippen molar-refractivity contribution in [2.75, 3.05) is 0 Å². The summed E-state index contributed by atoms with van der Waals surface area (Å²) in [6, 6.07) is 12.4. The van der Waals surface area contributed by atoms with Crippen LogP contribution >= 0.6 is 0 Å². The van der Waals surface area contributed by atoms with Gasteiger partial charge in [-0.1, -0.05) is 29.8 Å². The number of rotatable bonds is 1. The summed E-state index contributed by atoms with van der Waals surface area (Å²) in [6.07, 6.45) is 0.490. The Bertz CT molecular complexity index is 613. The smallest absolute Gasteiger partial charge is 0.164 e. The second-order valence-electron chi connectivity index (χ2n) is 4.82. The first-order valence-electron chi connectivity index (χ1n) is 6.04. The molecule has 2 aromatic carbocycles. The van der Waals surface area contributed by atoms with Gasteiger partial charge >= 0.3 is 0 Å². The Balaban J connectivity index is 2.07. The molecule has 3 rings (SSSR count). The van der Waals surface area contributed by atoms with Gasteiger partial charge in [0.25, 0.3) is 0 Å². The molecular formula is C16H13FO. The van der Waals surface area contributed by atoms with Crippen LogP contribution in [0, 0.1) is 12.7 Å². The lowest BCUT2D eigenvalue weighted by Gasteiger charge is -2.11. The van der Waals surface area contributed by atoms with E-state index in [0.29, 0.717) is 6.42 Å². The van der Waals surface area contributed by atoms with Crippen molar-refractivity contribution in [3.8, 4) is 0 Å². The Morgan fingerprint density at radius 3 is 2.56 bits per heavy atom. The summed E-state index contributed by atoms with van der Waals surface area (Å²) in [6.45, 7) is 1.98. The fraction of sp³-hybridized carbons (Fsp3) is 0.188. The number of hydrogen-bond acceptors (Lipinski definition) is 1. The van der Waals surface area contributed by atoms with Gasteiger partial charge in [0.15, 0.2) is 5.78 Å². The minimum atomic E-state index is -0.243. The molecular weight excluding hydrogens is 227 g/mol. The minimum Gasteiger partial charge on any atom is -0.294 e. The van der Waals surface area contributed by atoms with E-state index in [1.54, 1.807) is 12.1 Å². The summed E-state index contributed by atoms with van der Waals surface area (Å²) in [5.74, 6) is 0.0175. The predicted molar refractivity (Wildman–Crippen MR) is 68.4 cm³/mol. The number of ketones is 1. The van der Waals surface area contributed by atoms with Crippen molar-refractivity contribution in [2.45, 2.75) is 19.3 Å². The molecule has 0 aliphatic heterocycles. The topological polar surface area (TPSA) is 17.1 Å². The Hall–Kier alpha value is -1.96. The van der Waals surface area contributed by atoms with Gasteiger partial charge in [-0.15, -0.1) is 0 Å². The molecule has 0 spiro atoms. The first-order valence-corrected chi connectivity index (χ1v) is 6.04. The highest BCUT2D eigenvalue weighted by molar-refractivity contribution is 6.02. The first-order chi connectivity index (χ1) is 8.65. The Kier molecular flexibility index (Phi) is 2.51. The van der Waals surface area contributed by atoms with Crippen molar-refractivity contribution < 1.29 is 9.18 Å². The lowest BCUT2D eigenvalue weighted by Crippen LogP contribution is -1.96. The molecule has 1 aliphatic carbocycles. The maximum atomic E-state index is 12.9. The van der Waals surface area contributed by atoms with E-state index >= 15 is 0 Å². The predicted octanol–water partition coefficient (Wildman–Crippen LogP) is 3.85. The Labute approximate surface area is 105 Å². The molecule has 0 saturated carbocycles. The maximum absolute atomic E-state index is 12.9. The van der Waals surface area contributed by atoms with Gasteiger partial charge in [-0.2, -0.15) is 0 Å². The second-order valence-corrected chi connectivity index (χ2v) is 4.82. The van der Waals surface area contributed by atoms with Crippen molar-refractivity contribution in [3.63, 3.8) is 0 Å². The zero-order valence-electron chi connectivity index (χ0n) is 10.1. The summed E-state index contributed by atoms with van der Waals surface area (Å²) >= 11 is 0. The third kappa shape index (κ3) is 1.74. The number of carbonyl (C=O) groups excluding carboxylic acids is 1. The molecule has 0 N–H and O–H groups in total. The number of benzene rings is 2. The van der Waals surface area contributed by atoms with Gasteiger partial charge < -0.3 is 0 Å². The van der Waals surface area contributed by atoms with E-state index < -0.39 is 0 Å². The number of hydrogen-bond donors (Lipinski definition) is 0. The summed E-state index contributed by atoms with van der Waals surface area (Å²) in [7, 11) is 0. The van der Waals surface area contributed by atoms with Gasteiger partial charge in [-0.05, 0) is 36.2 Å². The Morgan fingerprint density at radius 1 is 1.11 bits per heavy atom. The van der Waals surface area contributed by atoms with E-state index in [1.165, 1.54) is 12.1 Å². The number of carbonyl (C=O) groups is 1. The lowest BCUT2D eigenvalue weighted by molar-refractivity contribution is 0.0991. The van der Waals surface area contributed by atoms with Crippen LogP contribution in [0.5, 0.6) is 0 Å². The average Bonchev–Trinajstić information content (AvgIpc) is 2.68. The molecule has 0 amide bonds. The Morgan fingerprint density at radius 2 is 1.83 bits per heavy atom. The summed E-state index contributed by atoms with van der Waals surface area (Å²) in [5.41, 5.74) is 4.00. The molecule has 0 unspecified atom stereocenters. The third-order valence-electron chi connectivity index (χ3n) is 3.55. The molecule has 0 saturated heterocycles. The van der Waals surface area contributed by atoms with Crippen molar-refractivity contribution in [1.82, 2.24) is 0 Å². The van der Waals surface area contributed by atoms with Crippen LogP contribution in [-0.2, 0) is 0 Å². The largest absolute Gasteiger partial charge is 0.294 e. The minimum absolute atomic E-state index is 0.0775. The molecule has 2 heteroatoms. The molecule has 0 bridgehead atoms. The lowest BCUT2D eigenvalue weighted by atomic mass is 9.92. The molecule has 1 nitrogen and oxygen atoms in total. The van der Waals surface area contributed by atoms with Crippen LogP contribution < -0.4 is 0 Å². The molecule has 1 atom stereocenters. The van der Waals surface area contributed by atoms with Crippen molar-refractivity contribution >= 4 is 5.78 Å². The van der Waals surface area contributed by atoms with Gasteiger partial charge in [0.2, 0.25) is 0 Å². The van der Waals surface area contributed by atoms with Crippen LogP contribution in [-0.4, -0.2) is 5.78 Å². The monoisotopic (exact) mass is 240 g/mol. The van der Waals surface area contributed by atoms with Crippen LogP contribution in [0.15, 0.2) is 42.5 Å². The number of Topliss-reactive ketones (excluding diaryl/α,β-unsaturated/α-hetero) is 1. The van der Waals surface area contributed by atoms with Gasteiger partial charge in [-0.25, -0.2) is 4.39 Å². The molecule has 0 radical (unpaired) electrons. The van der Waals surface area contributed by atoms with Crippen LogP contribution in [0.4, 0.5) is 4.39 Å². The van der Waals surface area contributed by atoms with Gasteiger partial charge in [-0.3, -0.25) is 4.79 Å². The molecule has 0 fully saturated rings. The van der Waals surface area contributed by atoms with Crippen LogP contribution in [0.2, 0.25) is 0 Å². The number of fused-ring (bicyclic) bond motifs is 1. The van der Waals surface area contributed by atoms with Gasteiger partial charge in [0.05, 0.1) is 0 Å². The van der Waals surface area contributed by atoms with E-state index in [-0.39, 0.29) is 17.5 Å². The molecule has 0 aromatic heterocycles. The SMILES string of the molecule is Cc1ccc2c(c1)C(=O)C[C@H]2c1ccc(F)cc1. The van der Waals surface area contributed by atoms with E-state index in [4.69, 9.17) is 0 Å². The molecule has 90 valence electrons. The van der Waals surface area contributed by atoms with Crippen LogP contribution in [0.1, 0.15) is 39.4 Å². The zero-order chi connectivity index (χ0) is 12.7. The first kappa shape index (κ1) is 11.1. The van der Waals surface area contributed by atoms with E-state index in [2.05, 4.69) is 0 Å². The standard InChI is InChI=1S/C16H13FO/c1-10-2-7-13-14(9-16(18)15(13)8-10)11-3-5-12(17)6-4-11/h2-8,14H,9H2,1H3/t14-/m0/s1. The third-order valence-corrected chi connectivity index (χ3v) is 3.55. The highest BCUT2D eigenvalue weighted by Crippen LogP contribution is 2.38. The maximum Gasteiger partial charge on any atom is 0.164 e. The second kappa shape index (κ2) is 4.05. The van der Waals surface area contributed by atoms with Crippen molar-refractivity contribution in [2.24, 2.45) is 0 Å². The van der Waals surface area contributed by atoms with Crippen LogP contribution in [0.3, 0.4) is 0 Å². The zero-order valence-corrected chi connectivity index (χ0v) is 10.1. The summed E-state index contributed by atoms with van der Waals surface area (Å²) in [5, 5.41) is 0. The van der Waals surface area contributed by atoms with E-state index in [1.807, 2.05) is 25.1 Å².